The van der Waals surface area contributed by atoms with Crippen molar-refractivity contribution in [3.63, 3.8) is 0 Å². The molecule has 13 nitrogen and oxygen atoms in total. The molecule has 0 aromatic carbocycles. The summed E-state index contributed by atoms with van der Waals surface area (Å²) in [6.07, 6.45) is -1.09. The highest BCUT2D eigenvalue weighted by Gasteiger charge is 2.28. The van der Waals surface area contributed by atoms with Crippen LogP contribution < -0.4 is 0 Å². The van der Waals surface area contributed by atoms with Crippen LogP contribution in [0.5, 0.6) is 0 Å². The van der Waals surface area contributed by atoms with E-state index < -0.39 is 30.0 Å². The number of carbonyl (C=O) groups excluding carboxylic acids is 1. The molecule has 1 heterocycles. The minimum absolute atomic E-state index is 0.0145. The minimum atomic E-state index is -1.21. The molecule has 0 radical (unpaired) electrons. The molecule has 1 aliphatic rings. The van der Waals surface area contributed by atoms with Crippen molar-refractivity contribution in [3.8, 4) is 0 Å². The van der Waals surface area contributed by atoms with E-state index in [1.54, 1.807) is 14.7 Å². The third-order valence-electron chi connectivity index (χ3n) is 5.26. The molecular formula is C19H32N4O9. The average Bonchev–Trinajstić information content (AvgIpc) is 2.65. The molecule has 1 atom stereocenters. The van der Waals surface area contributed by atoms with Gasteiger partial charge in [0, 0.05) is 58.8 Å². The van der Waals surface area contributed by atoms with Crippen LogP contribution in [0.15, 0.2) is 0 Å². The number of carbonyl (C=O) groups is 5. The predicted octanol–water partition coefficient (Wildman–Crippen LogP) is -1.12. The van der Waals surface area contributed by atoms with Crippen molar-refractivity contribution >= 4 is 29.8 Å². The monoisotopic (exact) mass is 460 g/mol. The molecule has 1 amide bonds. The molecule has 0 spiro atoms. The maximum Gasteiger partial charge on any atom is 0.407 e. The fourth-order valence-corrected chi connectivity index (χ4v) is 3.52. The van der Waals surface area contributed by atoms with Gasteiger partial charge in [-0.2, -0.15) is 0 Å². The van der Waals surface area contributed by atoms with Crippen LogP contribution in [-0.2, 0) is 19.2 Å². The SMILES string of the molecule is CC(=O)CCC(C(=O)O)N1CCN(CC(=O)O)CCN(CC(=O)O)CCN(C(=O)O)CC1. The lowest BCUT2D eigenvalue weighted by atomic mass is 10.1. The summed E-state index contributed by atoms with van der Waals surface area (Å²) in [7, 11) is 0. The minimum Gasteiger partial charge on any atom is -0.480 e. The van der Waals surface area contributed by atoms with Crippen molar-refractivity contribution < 1.29 is 44.4 Å². The van der Waals surface area contributed by atoms with Crippen molar-refractivity contribution in [2.75, 3.05) is 65.4 Å². The third-order valence-corrected chi connectivity index (χ3v) is 5.26. The van der Waals surface area contributed by atoms with Gasteiger partial charge in [-0.05, 0) is 13.3 Å². The van der Waals surface area contributed by atoms with Crippen LogP contribution in [0.1, 0.15) is 19.8 Å². The summed E-state index contributed by atoms with van der Waals surface area (Å²) in [5.41, 5.74) is 0. The van der Waals surface area contributed by atoms with Crippen molar-refractivity contribution in [2.45, 2.75) is 25.8 Å². The van der Waals surface area contributed by atoms with E-state index in [1.165, 1.54) is 6.92 Å². The van der Waals surface area contributed by atoms with Crippen molar-refractivity contribution in [1.29, 1.82) is 0 Å². The highest BCUT2D eigenvalue weighted by molar-refractivity contribution is 5.78. The van der Waals surface area contributed by atoms with Gasteiger partial charge in [0.25, 0.3) is 0 Å². The van der Waals surface area contributed by atoms with E-state index in [9.17, 15) is 39.3 Å². The molecule has 13 heteroatoms. The molecular weight excluding hydrogens is 428 g/mol. The van der Waals surface area contributed by atoms with E-state index in [-0.39, 0.29) is 84.1 Å². The lowest BCUT2D eigenvalue weighted by molar-refractivity contribution is -0.144. The molecule has 0 aliphatic carbocycles. The Labute approximate surface area is 185 Å². The van der Waals surface area contributed by atoms with E-state index in [4.69, 9.17) is 5.11 Å². The first-order chi connectivity index (χ1) is 15.0. The second kappa shape index (κ2) is 13.6. The first-order valence-electron chi connectivity index (χ1n) is 10.3. The lowest BCUT2D eigenvalue weighted by Gasteiger charge is -2.35. The van der Waals surface area contributed by atoms with Gasteiger partial charge in [-0.25, -0.2) is 4.79 Å². The molecule has 0 bridgehead atoms. The van der Waals surface area contributed by atoms with Crippen molar-refractivity contribution in [2.24, 2.45) is 0 Å². The summed E-state index contributed by atoms with van der Waals surface area (Å²) < 4.78 is 0. The van der Waals surface area contributed by atoms with E-state index >= 15 is 0 Å². The van der Waals surface area contributed by atoms with Crippen LogP contribution in [-0.4, -0.2) is 141 Å². The standard InChI is InChI=1S/C19H32N4O9/c1-14(24)2-3-15(18(29)30)22-8-6-20(12-16(25)26)4-5-21(13-17(27)28)7-9-23(11-10-22)19(31)32/h15H,2-13H2,1H3,(H,25,26)(H,27,28)(H,29,30)(H,31,32). The maximum absolute atomic E-state index is 11.9. The molecule has 4 N–H and O–H groups in total. The fourth-order valence-electron chi connectivity index (χ4n) is 3.52. The summed E-state index contributed by atoms with van der Waals surface area (Å²) >= 11 is 0. The first kappa shape index (κ1) is 27.3. The second-order valence-corrected chi connectivity index (χ2v) is 7.74. The van der Waals surface area contributed by atoms with Gasteiger partial charge in [-0.1, -0.05) is 0 Å². The Morgan fingerprint density at radius 1 is 0.719 bits per heavy atom. The molecule has 0 aromatic heterocycles. The van der Waals surface area contributed by atoms with Crippen LogP contribution in [0, 0.1) is 0 Å². The van der Waals surface area contributed by atoms with Crippen molar-refractivity contribution in [3.05, 3.63) is 0 Å². The third kappa shape index (κ3) is 10.5. The quantitative estimate of drug-likeness (QED) is 0.326. The van der Waals surface area contributed by atoms with Crippen LogP contribution in [0.25, 0.3) is 0 Å². The van der Waals surface area contributed by atoms with E-state index in [0.29, 0.717) is 0 Å². The summed E-state index contributed by atoms with van der Waals surface area (Å²) in [6.45, 7) is 1.70. The van der Waals surface area contributed by atoms with Gasteiger partial charge in [0.2, 0.25) is 0 Å². The topological polar surface area (TPSA) is 179 Å². The van der Waals surface area contributed by atoms with E-state index in [2.05, 4.69) is 0 Å². The zero-order valence-electron chi connectivity index (χ0n) is 18.2. The summed E-state index contributed by atoms with van der Waals surface area (Å²) in [4.78, 5) is 63.0. The number of aliphatic carboxylic acids is 3. The van der Waals surface area contributed by atoms with Gasteiger partial charge in [0.05, 0.1) is 13.1 Å². The van der Waals surface area contributed by atoms with Gasteiger partial charge in [-0.3, -0.25) is 29.1 Å². The number of carboxylic acids is 3. The molecule has 0 aromatic rings. The normalized spacial score (nSPS) is 18.8. The van der Waals surface area contributed by atoms with Crippen LogP contribution in [0.3, 0.4) is 0 Å². The Hall–Kier alpha value is -2.77. The molecule has 1 fully saturated rings. The number of nitrogens with zero attached hydrogens (tertiary/aromatic N) is 4. The molecule has 32 heavy (non-hydrogen) atoms. The van der Waals surface area contributed by atoms with E-state index in [1.807, 2.05) is 0 Å². The highest BCUT2D eigenvalue weighted by atomic mass is 16.4. The number of hydrogen-bond acceptors (Lipinski definition) is 8. The molecule has 1 aliphatic heterocycles. The van der Waals surface area contributed by atoms with E-state index in [0.717, 1.165) is 4.90 Å². The average molecular weight is 460 g/mol. The zero-order valence-corrected chi connectivity index (χ0v) is 18.2. The highest BCUT2D eigenvalue weighted by Crippen LogP contribution is 2.11. The number of Topliss-reactive ketones (excluding diaryl/α,β-unsaturated/α-hetero) is 1. The number of ketones is 1. The van der Waals surface area contributed by atoms with Gasteiger partial charge in [-0.15, -0.1) is 0 Å². The molecule has 1 unspecified atom stereocenters. The lowest BCUT2D eigenvalue weighted by Crippen LogP contribution is -2.52. The predicted molar refractivity (Wildman–Crippen MR) is 111 cm³/mol. The maximum atomic E-state index is 11.9. The van der Waals surface area contributed by atoms with Crippen LogP contribution in [0.2, 0.25) is 0 Å². The Kier molecular flexibility index (Phi) is 11.6. The van der Waals surface area contributed by atoms with Crippen LogP contribution >= 0.6 is 0 Å². The number of carboxylic acid groups (broad SMARTS) is 4. The zero-order chi connectivity index (χ0) is 24.3. The fraction of sp³-hybridized carbons (Fsp3) is 0.737. The number of amides is 1. The van der Waals surface area contributed by atoms with Gasteiger partial charge in [0.15, 0.2) is 0 Å². The Morgan fingerprint density at radius 3 is 1.59 bits per heavy atom. The summed E-state index contributed by atoms with van der Waals surface area (Å²) in [5, 5.41) is 37.5. The Balaban J connectivity index is 3.09. The van der Waals surface area contributed by atoms with Gasteiger partial charge in [0.1, 0.15) is 11.8 Å². The largest absolute Gasteiger partial charge is 0.480 e. The molecule has 0 saturated carbocycles. The first-order valence-corrected chi connectivity index (χ1v) is 10.3. The summed E-state index contributed by atoms with van der Waals surface area (Å²) in [6, 6.07) is -1.02. The smallest absolute Gasteiger partial charge is 0.407 e. The van der Waals surface area contributed by atoms with Gasteiger partial charge < -0.3 is 30.1 Å². The van der Waals surface area contributed by atoms with Crippen molar-refractivity contribution in [1.82, 2.24) is 19.6 Å². The van der Waals surface area contributed by atoms with Gasteiger partial charge >= 0.3 is 24.0 Å². The summed E-state index contributed by atoms with van der Waals surface area (Å²) in [5.74, 6) is -3.46. The van der Waals surface area contributed by atoms with Crippen LogP contribution in [0.4, 0.5) is 4.79 Å². The Bertz CT molecular complexity index is 688. The number of rotatable bonds is 9. The molecule has 1 rings (SSSR count). The molecule has 1 saturated heterocycles. The molecule has 182 valence electrons. The number of hydrogen-bond donors (Lipinski definition) is 4. The second-order valence-electron chi connectivity index (χ2n) is 7.74. The Morgan fingerprint density at radius 2 is 1.16 bits per heavy atom.